The van der Waals surface area contributed by atoms with E-state index >= 15 is 0 Å². The Balaban J connectivity index is 0.000000178. The normalized spacial score (nSPS) is 14.9. The van der Waals surface area contributed by atoms with E-state index in [1.807, 2.05) is 161 Å². The predicted molar refractivity (Wildman–Crippen MR) is 453 cm³/mol. The molecule has 1 N–H and O–H groups in total. The average Bonchev–Trinajstić information content (AvgIpc) is 0.808. The molecule has 13 nitrogen and oxygen atoms in total. The van der Waals surface area contributed by atoms with Crippen molar-refractivity contribution < 1.29 is 37.1 Å². The first-order chi connectivity index (χ1) is 55.5. The molecular formula is C98H111F3N8O5. The van der Waals surface area contributed by atoms with Gasteiger partial charge < -0.3 is 24.9 Å². The van der Waals surface area contributed by atoms with Crippen LogP contribution < -0.4 is 5.32 Å². The van der Waals surface area contributed by atoms with Crippen LogP contribution in [0.5, 0.6) is 0 Å². The maximum absolute atomic E-state index is 14.4. The number of aldehydes is 1. The van der Waals surface area contributed by atoms with Gasteiger partial charge in [-0.3, -0.25) is 38.7 Å². The van der Waals surface area contributed by atoms with Crippen molar-refractivity contribution in [3.05, 3.63) is 363 Å². The number of nitrogens with zero attached hydrogens (tertiary/aromatic N) is 7. The van der Waals surface area contributed by atoms with E-state index in [1.54, 1.807) is 4.90 Å². The predicted octanol–water partition coefficient (Wildman–Crippen LogP) is 16.8. The number of piperazine rings is 3. The molecule has 0 radical (unpaired) electrons. The van der Waals surface area contributed by atoms with Crippen LogP contribution in [0.25, 0.3) is 6.08 Å². The first-order valence-corrected chi connectivity index (χ1v) is 40.4. The summed E-state index contributed by atoms with van der Waals surface area (Å²) in [6.07, 6.45) is 4.08. The third kappa shape index (κ3) is 27.8. The van der Waals surface area contributed by atoms with Gasteiger partial charge in [-0.2, -0.15) is 13.2 Å². The lowest BCUT2D eigenvalue weighted by Crippen LogP contribution is -2.56. The molecule has 4 amide bonds. The van der Waals surface area contributed by atoms with Crippen LogP contribution >= 0.6 is 0 Å². The minimum absolute atomic E-state index is 0.0491. The molecule has 10 aromatic rings. The molecule has 0 saturated carbocycles. The van der Waals surface area contributed by atoms with E-state index in [0.717, 1.165) is 146 Å². The first-order valence-electron chi connectivity index (χ1n) is 40.4. The third-order valence-electron chi connectivity index (χ3n) is 21.4. The van der Waals surface area contributed by atoms with Gasteiger partial charge in [-0.15, -0.1) is 0 Å². The molecule has 3 atom stereocenters. The Morgan fingerprint density at radius 2 is 0.711 bits per heavy atom. The molecule has 3 aliphatic heterocycles. The van der Waals surface area contributed by atoms with E-state index < -0.39 is 17.8 Å². The zero-order valence-electron chi connectivity index (χ0n) is 66.6. The van der Waals surface area contributed by atoms with E-state index in [0.29, 0.717) is 43.9 Å². The average molecular weight is 1540 g/mol. The molecule has 0 unspecified atom stereocenters. The van der Waals surface area contributed by atoms with Crippen molar-refractivity contribution in [3.63, 3.8) is 0 Å². The van der Waals surface area contributed by atoms with Crippen LogP contribution in [0.15, 0.2) is 285 Å². The number of rotatable bonds is 27. The molecule has 3 aliphatic rings. The topological polar surface area (TPSA) is 120 Å². The standard InChI is InChI=1S/C39H40F3N3O2.C29H35N3O.C21H26N2O.C9H10O/c1-2-30-13-15-34(16-14-30)29-45(37(46)22-19-31-17-20-35(21-18-31)39(40,41)42)36(27-32-9-5-3-6-10-32)38(47)44-25-23-43(24-26-44)28-33-11-7-4-8-12-33;1-2-24-13-15-26(16-14-24)22-30-28(21-25-9-5-3-6-10-25)29(33)32-19-17-31(18-20-32)23-27-11-7-4-8-12-27;1-18(16-19-8-4-2-5-9-19)21(24)23-14-12-22(13-15-23)17-20-10-6-3-7-11-20;1-2-8-3-5-9(7-10)6-4-8/h3-22,36H,2,23-29H2,1H3;3-16,28,30H,2,17-23H2,1H3;2-11,18H,12-17H2,1H3;3-7H,2H2,1H3/b22-19+;;;/t36-;28-;18-;/m000./s1. The second kappa shape index (κ2) is 45.1. The number of amides is 4. The number of hydrogen-bond donors (Lipinski definition) is 1. The fraction of sp³-hybridized carbons (Fsp3) is 0.316. The number of nitrogens with one attached hydrogen (secondary N) is 1. The van der Waals surface area contributed by atoms with Crippen molar-refractivity contribution in [1.29, 1.82) is 0 Å². The summed E-state index contributed by atoms with van der Waals surface area (Å²) in [6, 6.07) is 89.6. The van der Waals surface area contributed by atoms with Gasteiger partial charge in [0.15, 0.2) is 0 Å². The maximum Gasteiger partial charge on any atom is 0.416 e. The molecule has 594 valence electrons. The zero-order valence-corrected chi connectivity index (χ0v) is 66.6. The number of aryl methyl sites for hydroxylation is 3. The summed E-state index contributed by atoms with van der Waals surface area (Å²) >= 11 is 0. The van der Waals surface area contributed by atoms with E-state index in [2.05, 4.69) is 156 Å². The van der Waals surface area contributed by atoms with E-state index in [9.17, 15) is 37.1 Å². The minimum atomic E-state index is -4.44. The monoisotopic (exact) mass is 1540 g/mol. The summed E-state index contributed by atoms with van der Waals surface area (Å²) in [5.74, 6) is 0.0470. The van der Waals surface area contributed by atoms with Crippen molar-refractivity contribution in [2.24, 2.45) is 5.92 Å². The van der Waals surface area contributed by atoms with Gasteiger partial charge >= 0.3 is 6.18 Å². The molecule has 0 bridgehead atoms. The smallest absolute Gasteiger partial charge is 0.340 e. The number of halogens is 3. The van der Waals surface area contributed by atoms with Gasteiger partial charge in [-0.1, -0.05) is 295 Å². The molecule has 3 heterocycles. The summed E-state index contributed by atoms with van der Waals surface area (Å²) in [5.41, 5.74) is 13.6. The van der Waals surface area contributed by atoms with Crippen LogP contribution in [0.2, 0.25) is 0 Å². The second-order valence-electron chi connectivity index (χ2n) is 29.7. The molecule has 13 rings (SSSR count). The van der Waals surface area contributed by atoms with E-state index in [-0.39, 0.29) is 36.2 Å². The van der Waals surface area contributed by atoms with Crippen LogP contribution in [0.4, 0.5) is 13.2 Å². The molecule has 0 aliphatic carbocycles. The fourth-order valence-corrected chi connectivity index (χ4v) is 14.4. The van der Waals surface area contributed by atoms with Gasteiger partial charge in [0.25, 0.3) is 0 Å². The highest BCUT2D eigenvalue weighted by Gasteiger charge is 2.35. The van der Waals surface area contributed by atoms with Gasteiger partial charge in [0.1, 0.15) is 12.3 Å². The van der Waals surface area contributed by atoms with E-state index in [4.69, 9.17) is 0 Å². The summed E-state index contributed by atoms with van der Waals surface area (Å²) in [5, 5.41) is 3.57. The highest BCUT2D eigenvalue weighted by atomic mass is 19.4. The lowest BCUT2D eigenvalue weighted by Gasteiger charge is -2.39. The molecule has 10 aromatic carbocycles. The van der Waals surface area contributed by atoms with Crippen LogP contribution in [0.3, 0.4) is 0 Å². The van der Waals surface area contributed by atoms with Crippen molar-refractivity contribution in [2.45, 2.75) is 117 Å². The Morgan fingerprint density at radius 1 is 0.377 bits per heavy atom. The quantitative estimate of drug-likeness (QED) is 0.0396. The van der Waals surface area contributed by atoms with Crippen LogP contribution in [0.1, 0.15) is 110 Å². The number of carbonyl (C=O) groups is 5. The van der Waals surface area contributed by atoms with Gasteiger partial charge in [-0.25, -0.2) is 0 Å². The van der Waals surface area contributed by atoms with Crippen molar-refractivity contribution >= 4 is 36.0 Å². The van der Waals surface area contributed by atoms with Gasteiger partial charge in [0.05, 0.1) is 11.6 Å². The third-order valence-corrected chi connectivity index (χ3v) is 21.4. The highest BCUT2D eigenvalue weighted by Crippen LogP contribution is 2.30. The second-order valence-corrected chi connectivity index (χ2v) is 29.7. The fourth-order valence-electron chi connectivity index (χ4n) is 14.4. The van der Waals surface area contributed by atoms with Crippen LogP contribution in [0, 0.1) is 5.92 Å². The Bertz CT molecular complexity index is 4500. The summed E-state index contributed by atoms with van der Waals surface area (Å²) < 4.78 is 39.3. The van der Waals surface area contributed by atoms with E-state index in [1.165, 1.54) is 74.4 Å². The summed E-state index contributed by atoms with van der Waals surface area (Å²) in [6.45, 7) is 21.5. The molecular weight excluding hydrogens is 1430 g/mol. The van der Waals surface area contributed by atoms with Crippen molar-refractivity contribution in [3.8, 4) is 0 Å². The van der Waals surface area contributed by atoms with Crippen molar-refractivity contribution in [2.75, 3.05) is 78.5 Å². The maximum atomic E-state index is 14.4. The molecule has 0 aromatic heterocycles. The number of hydrogen-bond acceptors (Lipinski definition) is 9. The number of alkyl halides is 3. The zero-order chi connectivity index (χ0) is 80.3. The Morgan fingerprint density at radius 3 is 1.10 bits per heavy atom. The number of carbonyl (C=O) groups excluding carboxylic acids is 5. The molecule has 16 heteroatoms. The van der Waals surface area contributed by atoms with Crippen LogP contribution in [-0.2, 0) is 96.6 Å². The largest absolute Gasteiger partial charge is 0.416 e. The van der Waals surface area contributed by atoms with Crippen LogP contribution in [-0.4, -0.2) is 155 Å². The Kier molecular flexibility index (Phi) is 33.9. The molecule has 3 fully saturated rings. The lowest BCUT2D eigenvalue weighted by atomic mass is 9.99. The lowest BCUT2D eigenvalue weighted by molar-refractivity contribution is -0.145. The molecule has 114 heavy (non-hydrogen) atoms. The van der Waals surface area contributed by atoms with Gasteiger partial charge in [-0.05, 0) is 117 Å². The Hall–Kier alpha value is -10.9. The van der Waals surface area contributed by atoms with Crippen molar-refractivity contribution in [1.82, 2.24) is 39.6 Å². The van der Waals surface area contributed by atoms with Gasteiger partial charge in [0, 0.05) is 135 Å². The van der Waals surface area contributed by atoms with Gasteiger partial charge in [0.2, 0.25) is 23.6 Å². The SMILES string of the molecule is CCc1ccc(C=O)cc1.CCc1ccc(CN(C(=O)/C=C/c2ccc(C(F)(F)F)cc2)[C@@H](Cc2ccccc2)C(=O)N2CCN(Cc3ccccc3)CC2)cc1.CCc1ccc(CN[C@@H](Cc2ccccc2)C(=O)N2CCN(Cc3ccccc3)CC2)cc1.C[C@@H](Cc1ccccc1)C(=O)N1CCN(Cc2ccccc2)CC1. The minimum Gasteiger partial charge on any atom is -0.340 e. The number of benzene rings is 10. The summed E-state index contributed by atoms with van der Waals surface area (Å²) in [4.78, 5) is 79.6. The molecule has 3 saturated heterocycles. The first kappa shape index (κ1) is 85.5. The highest BCUT2D eigenvalue weighted by molar-refractivity contribution is 5.96. The summed E-state index contributed by atoms with van der Waals surface area (Å²) in [7, 11) is 0. The Labute approximate surface area is 673 Å². The molecule has 0 spiro atoms.